The number of benzene rings is 1. The van der Waals surface area contributed by atoms with Crippen molar-refractivity contribution in [1.29, 1.82) is 0 Å². The maximum Gasteiger partial charge on any atom is 0.235 e. The highest BCUT2D eigenvalue weighted by Crippen LogP contribution is 2.43. The number of carbonyl (C=O) groups excluding carboxylic acids is 2. The normalized spacial score (nSPS) is 19.9. The Morgan fingerprint density at radius 3 is 2.58 bits per heavy atom. The number of allylic oxidation sites excluding steroid dienone is 1. The summed E-state index contributed by atoms with van der Waals surface area (Å²) in [5, 5.41) is 0. The first-order chi connectivity index (χ1) is 11.6. The Bertz CT molecular complexity index is 612. The van der Waals surface area contributed by atoms with Crippen molar-refractivity contribution in [2.24, 2.45) is 5.73 Å². The number of hydrogen-bond acceptors (Lipinski definition) is 5. The number of aryl methyl sites for hydroxylation is 1. The van der Waals surface area contributed by atoms with Gasteiger partial charge in [-0.05, 0) is 25.5 Å². The summed E-state index contributed by atoms with van der Waals surface area (Å²) < 4.78 is 6.27. The van der Waals surface area contributed by atoms with Crippen molar-refractivity contribution in [1.82, 2.24) is 0 Å². The van der Waals surface area contributed by atoms with Crippen molar-refractivity contribution in [2.45, 2.75) is 46.1 Å². The van der Waals surface area contributed by atoms with Gasteiger partial charge >= 0.3 is 0 Å². The van der Waals surface area contributed by atoms with Crippen LogP contribution in [0.5, 0.6) is 0 Å². The van der Waals surface area contributed by atoms with E-state index in [9.17, 15) is 9.59 Å². The summed E-state index contributed by atoms with van der Waals surface area (Å²) >= 11 is 1.40. The van der Waals surface area contributed by atoms with Crippen LogP contribution in [0.25, 0.3) is 5.76 Å². The third-order valence-electron chi connectivity index (χ3n) is 3.97. The zero-order valence-corrected chi connectivity index (χ0v) is 15.7. The van der Waals surface area contributed by atoms with Crippen molar-refractivity contribution in [3.8, 4) is 0 Å². The number of hydrogen-bond donors (Lipinski definition) is 1. The Hall–Kier alpha value is -1.59. The van der Waals surface area contributed by atoms with E-state index >= 15 is 0 Å². The van der Waals surface area contributed by atoms with Crippen LogP contribution in [0.15, 0.2) is 29.2 Å². The zero-order chi connectivity index (χ0) is 18.2. The van der Waals surface area contributed by atoms with E-state index in [-0.39, 0.29) is 5.60 Å². The van der Waals surface area contributed by atoms with Crippen LogP contribution in [0, 0.1) is 6.92 Å². The van der Waals surface area contributed by atoms with Gasteiger partial charge in [0.25, 0.3) is 0 Å². The molecule has 1 heterocycles. The molecule has 132 valence electrons. The Morgan fingerprint density at radius 2 is 2.04 bits per heavy atom. The van der Waals surface area contributed by atoms with Crippen molar-refractivity contribution < 1.29 is 14.3 Å². The summed E-state index contributed by atoms with van der Waals surface area (Å²) in [6.07, 6.45) is 1.87. The first kappa shape index (κ1) is 20.5. The lowest BCUT2D eigenvalue weighted by Gasteiger charge is -2.38. The molecule has 2 rings (SSSR count). The molecule has 0 saturated heterocycles. The monoisotopic (exact) mass is 349 g/mol. The van der Waals surface area contributed by atoms with Crippen LogP contribution < -0.4 is 5.73 Å². The number of nitrogens with two attached hydrogens (primary N) is 1. The molecule has 1 atom stereocenters. The number of carbonyl (C=O) groups is 2. The minimum absolute atomic E-state index is 0.353. The van der Waals surface area contributed by atoms with Crippen LogP contribution in [0.3, 0.4) is 0 Å². The molecule has 1 aliphatic heterocycles. The molecule has 0 amide bonds. The summed E-state index contributed by atoms with van der Waals surface area (Å²) in [7, 11) is 0. The number of Topliss-reactive ketones (excluding diaryl/α,β-unsaturated/α-hetero) is 1. The molecule has 0 spiro atoms. The zero-order valence-electron chi connectivity index (χ0n) is 14.9. The quantitative estimate of drug-likeness (QED) is 0.626. The maximum atomic E-state index is 12.0. The number of ketones is 1. The van der Waals surface area contributed by atoms with E-state index in [4.69, 9.17) is 10.5 Å². The van der Waals surface area contributed by atoms with Gasteiger partial charge in [-0.25, -0.2) is 0 Å². The average molecular weight is 349 g/mol. The average Bonchev–Trinajstić information content (AvgIpc) is 2.63. The lowest BCUT2D eigenvalue weighted by atomic mass is 9.97. The van der Waals surface area contributed by atoms with E-state index in [1.54, 1.807) is 0 Å². The molecular weight excluding hydrogens is 322 g/mol. The predicted molar refractivity (Wildman–Crippen MR) is 101 cm³/mol. The van der Waals surface area contributed by atoms with Gasteiger partial charge in [-0.3, -0.25) is 9.59 Å². The van der Waals surface area contributed by atoms with E-state index in [0.29, 0.717) is 35.7 Å². The van der Waals surface area contributed by atoms with Crippen LogP contribution in [-0.2, 0) is 14.3 Å². The molecule has 4 nitrogen and oxygen atoms in total. The van der Waals surface area contributed by atoms with E-state index in [1.165, 1.54) is 11.8 Å². The molecule has 0 fully saturated rings. The molecule has 1 aromatic rings. The predicted octanol–water partition coefficient (Wildman–Crippen LogP) is 3.72. The summed E-state index contributed by atoms with van der Waals surface area (Å²) in [6, 6.07) is 7.71. The van der Waals surface area contributed by atoms with Crippen LogP contribution >= 0.6 is 11.8 Å². The second-order valence-corrected chi connectivity index (χ2v) is 6.41. The highest BCUT2D eigenvalue weighted by molar-refractivity contribution is 8.04. The molecule has 0 aromatic heterocycles. The molecule has 0 radical (unpaired) electrons. The van der Waals surface area contributed by atoms with Crippen molar-refractivity contribution in [3.63, 3.8) is 0 Å². The van der Waals surface area contributed by atoms with Crippen molar-refractivity contribution in [2.75, 3.05) is 12.3 Å². The highest BCUT2D eigenvalue weighted by Gasteiger charge is 2.38. The maximum absolute atomic E-state index is 12.0. The standard InChI is InChI=1S/C17H21NO3S.C2H6/c1-3-17(8-9-18)11-22-16(14(20)10-19)15(21-17)13-7-5-4-6-12(13)2;1-2/h4-7,10H,3,8-9,11,18H2,1-2H3;1-2H3. The molecular formula is C19H27NO3S. The number of thioether (sulfide) groups is 1. The molecule has 24 heavy (non-hydrogen) atoms. The van der Waals surface area contributed by atoms with Gasteiger partial charge in [0.2, 0.25) is 5.78 Å². The summed E-state index contributed by atoms with van der Waals surface area (Å²) in [6.45, 7) is 8.54. The molecule has 2 N–H and O–H groups in total. The number of aldehydes is 1. The van der Waals surface area contributed by atoms with E-state index in [2.05, 4.69) is 6.92 Å². The van der Waals surface area contributed by atoms with E-state index in [1.807, 2.05) is 45.0 Å². The molecule has 0 bridgehead atoms. The Labute approximate surface area is 148 Å². The minimum Gasteiger partial charge on any atom is -0.484 e. The van der Waals surface area contributed by atoms with Gasteiger partial charge in [0.15, 0.2) is 6.29 Å². The smallest absolute Gasteiger partial charge is 0.235 e. The molecule has 1 aliphatic rings. The van der Waals surface area contributed by atoms with Gasteiger partial charge in [-0.1, -0.05) is 45.0 Å². The van der Waals surface area contributed by atoms with Crippen molar-refractivity contribution in [3.05, 3.63) is 40.3 Å². The largest absolute Gasteiger partial charge is 0.484 e. The number of rotatable bonds is 6. The van der Waals surface area contributed by atoms with Crippen LogP contribution in [-0.4, -0.2) is 30.0 Å². The number of ether oxygens (including phenoxy) is 1. The molecule has 5 heteroatoms. The fourth-order valence-electron chi connectivity index (χ4n) is 2.54. The Kier molecular flexibility index (Phi) is 8.22. The first-order valence-corrected chi connectivity index (χ1v) is 9.37. The summed E-state index contributed by atoms with van der Waals surface area (Å²) in [5.41, 5.74) is 7.21. The van der Waals surface area contributed by atoms with Crippen molar-refractivity contribution >= 4 is 29.6 Å². The van der Waals surface area contributed by atoms with Gasteiger partial charge in [0.1, 0.15) is 16.3 Å². The molecule has 1 unspecified atom stereocenters. The second-order valence-electron chi connectivity index (χ2n) is 5.42. The van der Waals surface area contributed by atoms with Crippen LogP contribution in [0.4, 0.5) is 0 Å². The Morgan fingerprint density at radius 1 is 1.38 bits per heavy atom. The summed E-state index contributed by atoms with van der Waals surface area (Å²) in [4.78, 5) is 23.3. The highest BCUT2D eigenvalue weighted by atomic mass is 32.2. The third kappa shape index (κ3) is 4.48. The lowest BCUT2D eigenvalue weighted by molar-refractivity contribution is -0.127. The molecule has 0 aliphatic carbocycles. The second kappa shape index (κ2) is 9.64. The molecule has 1 aromatic carbocycles. The van der Waals surface area contributed by atoms with Crippen LogP contribution in [0.1, 0.15) is 44.7 Å². The van der Waals surface area contributed by atoms with Gasteiger partial charge in [0.05, 0.1) is 0 Å². The molecule has 0 saturated carbocycles. The summed E-state index contributed by atoms with van der Waals surface area (Å²) in [5.74, 6) is 0.618. The first-order valence-electron chi connectivity index (χ1n) is 8.38. The van der Waals surface area contributed by atoms with Crippen LogP contribution in [0.2, 0.25) is 0 Å². The van der Waals surface area contributed by atoms with Gasteiger partial charge in [-0.15, -0.1) is 11.8 Å². The lowest BCUT2D eigenvalue weighted by Crippen LogP contribution is -2.39. The minimum atomic E-state index is -0.527. The SMILES string of the molecule is CC.CCC1(CCN)CSC(C(=O)C=O)=C(c2ccccc2C)O1. The Balaban J connectivity index is 0.00000139. The third-order valence-corrected chi connectivity index (χ3v) is 5.31. The van der Waals surface area contributed by atoms with Gasteiger partial charge < -0.3 is 10.5 Å². The fraction of sp³-hybridized carbons (Fsp3) is 0.474. The topological polar surface area (TPSA) is 69.4 Å². The van der Waals surface area contributed by atoms with Gasteiger partial charge in [0, 0.05) is 17.7 Å². The van der Waals surface area contributed by atoms with Gasteiger partial charge in [-0.2, -0.15) is 0 Å². The fourth-order valence-corrected chi connectivity index (χ4v) is 3.83. The van der Waals surface area contributed by atoms with E-state index in [0.717, 1.165) is 17.5 Å². The van der Waals surface area contributed by atoms with E-state index < -0.39 is 5.78 Å².